The maximum Gasteiger partial charge on any atom is 0.306 e. The van der Waals surface area contributed by atoms with E-state index in [2.05, 4.69) is 93.7 Å². The maximum absolute atomic E-state index is 12.9. The van der Waals surface area contributed by atoms with Crippen LogP contribution in [0.3, 0.4) is 0 Å². The number of hydrogen-bond donors (Lipinski definition) is 0. The van der Waals surface area contributed by atoms with Crippen molar-refractivity contribution in [3.8, 4) is 0 Å². The first-order valence-electron chi connectivity index (χ1n) is 33.9. The van der Waals surface area contributed by atoms with Crippen LogP contribution in [-0.4, -0.2) is 37.2 Å². The number of allylic oxidation sites excluding steroid dienone is 12. The molecule has 0 saturated carbocycles. The van der Waals surface area contributed by atoms with Crippen LogP contribution in [0.25, 0.3) is 0 Å². The van der Waals surface area contributed by atoms with E-state index in [1.54, 1.807) is 0 Å². The zero-order chi connectivity index (χ0) is 56.4. The summed E-state index contributed by atoms with van der Waals surface area (Å²) in [5.41, 5.74) is 0. The van der Waals surface area contributed by atoms with Crippen molar-refractivity contribution in [2.24, 2.45) is 0 Å². The summed E-state index contributed by atoms with van der Waals surface area (Å²) in [6, 6.07) is 0. The predicted octanol–water partition coefficient (Wildman–Crippen LogP) is 23.3. The number of carbonyl (C=O) groups is 3. The zero-order valence-electron chi connectivity index (χ0n) is 51.9. The summed E-state index contributed by atoms with van der Waals surface area (Å²) >= 11 is 0. The Labute approximate surface area is 484 Å². The molecule has 0 rings (SSSR count). The second-order valence-corrected chi connectivity index (χ2v) is 22.7. The fraction of sp³-hybridized carbons (Fsp3) is 0.792. The van der Waals surface area contributed by atoms with E-state index in [9.17, 15) is 14.4 Å². The Kier molecular flexibility index (Phi) is 63.7. The van der Waals surface area contributed by atoms with E-state index in [1.807, 2.05) is 0 Å². The molecular weight excluding hydrogens is 961 g/mol. The van der Waals surface area contributed by atoms with Crippen molar-refractivity contribution in [3.05, 3.63) is 72.9 Å². The van der Waals surface area contributed by atoms with Gasteiger partial charge in [0.25, 0.3) is 0 Å². The lowest BCUT2D eigenvalue weighted by Crippen LogP contribution is -2.30. The number of unbranched alkanes of at least 4 members (excludes halogenated alkanes) is 39. The van der Waals surface area contributed by atoms with Crippen molar-refractivity contribution in [2.45, 2.75) is 354 Å². The van der Waals surface area contributed by atoms with Crippen molar-refractivity contribution >= 4 is 17.9 Å². The normalized spacial score (nSPS) is 12.5. The first-order valence-corrected chi connectivity index (χ1v) is 33.9. The first kappa shape index (κ1) is 74.8. The fourth-order valence-corrected chi connectivity index (χ4v) is 9.87. The van der Waals surface area contributed by atoms with Crippen LogP contribution in [0.15, 0.2) is 72.9 Å². The Morgan fingerprint density at radius 3 is 0.833 bits per heavy atom. The minimum atomic E-state index is -0.775. The topological polar surface area (TPSA) is 78.9 Å². The molecule has 0 saturated heterocycles. The van der Waals surface area contributed by atoms with Gasteiger partial charge in [0.15, 0.2) is 6.10 Å². The molecule has 0 bridgehead atoms. The largest absolute Gasteiger partial charge is 0.462 e. The van der Waals surface area contributed by atoms with Gasteiger partial charge in [-0.15, -0.1) is 0 Å². The van der Waals surface area contributed by atoms with Gasteiger partial charge in [0, 0.05) is 19.3 Å². The molecule has 0 fully saturated rings. The van der Waals surface area contributed by atoms with E-state index in [1.165, 1.54) is 212 Å². The van der Waals surface area contributed by atoms with Crippen molar-refractivity contribution in [1.29, 1.82) is 0 Å². The van der Waals surface area contributed by atoms with E-state index in [4.69, 9.17) is 14.2 Å². The van der Waals surface area contributed by atoms with Gasteiger partial charge in [-0.25, -0.2) is 0 Å². The summed E-state index contributed by atoms with van der Waals surface area (Å²) in [4.78, 5) is 38.3. The Morgan fingerprint density at radius 2 is 0.513 bits per heavy atom. The number of rotatable bonds is 62. The average Bonchev–Trinajstić information content (AvgIpc) is 3.44. The highest BCUT2D eigenvalue weighted by molar-refractivity contribution is 5.71. The minimum absolute atomic E-state index is 0.0731. The molecule has 0 heterocycles. The van der Waals surface area contributed by atoms with E-state index in [0.29, 0.717) is 19.3 Å². The maximum atomic E-state index is 12.9. The molecule has 78 heavy (non-hydrogen) atoms. The van der Waals surface area contributed by atoms with Crippen LogP contribution < -0.4 is 0 Å². The van der Waals surface area contributed by atoms with Crippen LogP contribution >= 0.6 is 0 Å². The highest BCUT2D eigenvalue weighted by atomic mass is 16.6. The molecule has 0 radical (unpaired) electrons. The average molecular weight is 1090 g/mol. The smallest absolute Gasteiger partial charge is 0.306 e. The van der Waals surface area contributed by atoms with Crippen molar-refractivity contribution < 1.29 is 28.6 Å². The minimum Gasteiger partial charge on any atom is -0.462 e. The monoisotopic (exact) mass is 1090 g/mol. The molecular formula is C72H128O6. The molecule has 0 aliphatic carbocycles. The molecule has 1 unspecified atom stereocenters. The standard InChI is InChI=1S/C72H128O6/c1-4-7-10-13-16-19-22-24-26-28-30-31-32-33-34-35-36-37-38-39-40-41-42-44-45-47-50-53-56-59-62-65-71(74)77-68-69(67-76-70(73)64-61-58-55-52-49-21-18-15-12-9-6-3)78-72(75)66-63-60-57-54-51-48-46-43-29-27-25-23-20-17-14-11-8-5-2/h7,10,15-16,18-19,24,26,30-31,33-34,69H,4-6,8-9,11-14,17,20-23,25,27-29,32,35-68H2,1-3H3/b10-7-,18-15-,19-16-,26-24-,31-30-,34-33-. The lowest BCUT2D eigenvalue weighted by molar-refractivity contribution is -0.167. The summed E-state index contributed by atoms with van der Waals surface area (Å²) in [5, 5.41) is 0. The molecule has 6 nitrogen and oxygen atoms in total. The third-order valence-corrected chi connectivity index (χ3v) is 14.9. The highest BCUT2D eigenvalue weighted by Gasteiger charge is 2.19. The van der Waals surface area contributed by atoms with Crippen LogP contribution in [0.4, 0.5) is 0 Å². The van der Waals surface area contributed by atoms with Crippen LogP contribution in [0.2, 0.25) is 0 Å². The summed E-state index contributed by atoms with van der Waals surface area (Å²) in [5.74, 6) is -0.863. The second kappa shape index (κ2) is 66.4. The summed E-state index contributed by atoms with van der Waals surface area (Å²) in [6.07, 6.45) is 86.4. The number of hydrogen-bond acceptors (Lipinski definition) is 6. The summed E-state index contributed by atoms with van der Waals surface area (Å²) in [7, 11) is 0. The van der Waals surface area contributed by atoms with Gasteiger partial charge in [-0.2, -0.15) is 0 Å². The van der Waals surface area contributed by atoms with E-state index in [0.717, 1.165) is 96.3 Å². The van der Waals surface area contributed by atoms with Gasteiger partial charge in [0.05, 0.1) is 0 Å². The van der Waals surface area contributed by atoms with Gasteiger partial charge in [0.1, 0.15) is 13.2 Å². The van der Waals surface area contributed by atoms with E-state index in [-0.39, 0.29) is 31.1 Å². The van der Waals surface area contributed by atoms with Gasteiger partial charge >= 0.3 is 17.9 Å². The Morgan fingerprint density at radius 1 is 0.269 bits per heavy atom. The van der Waals surface area contributed by atoms with Crippen LogP contribution in [-0.2, 0) is 28.6 Å². The van der Waals surface area contributed by atoms with Gasteiger partial charge in [-0.05, 0) is 83.5 Å². The second-order valence-electron chi connectivity index (χ2n) is 22.7. The molecule has 452 valence electrons. The van der Waals surface area contributed by atoms with Gasteiger partial charge in [-0.3, -0.25) is 14.4 Å². The molecule has 1 atom stereocenters. The van der Waals surface area contributed by atoms with Crippen molar-refractivity contribution in [3.63, 3.8) is 0 Å². The molecule has 0 aromatic carbocycles. The van der Waals surface area contributed by atoms with Crippen LogP contribution in [0.1, 0.15) is 348 Å². The lowest BCUT2D eigenvalue weighted by atomic mass is 10.0. The highest BCUT2D eigenvalue weighted by Crippen LogP contribution is 2.18. The SMILES string of the molecule is CC/C=C\C/C=C\C/C=C\C/C=C\C/C=C\CCCCCCCCCCCCCCCCCC(=O)OCC(COC(=O)CCCCCCC/C=C\CCCC)OC(=O)CCCCCCCCCCCCCCCCCCCC. The van der Waals surface area contributed by atoms with Gasteiger partial charge < -0.3 is 14.2 Å². The van der Waals surface area contributed by atoms with Crippen molar-refractivity contribution in [1.82, 2.24) is 0 Å². The summed E-state index contributed by atoms with van der Waals surface area (Å²) < 4.78 is 16.9. The molecule has 6 heteroatoms. The Balaban J connectivity index is 4.15. The van der Waals surface area contributed by atoms with E-state index >= 15 is 0 Å². The fourth-order valence-electron chi connectivity index (χ4n) is 9.87. The van der Waals surface area contributed by atoms with Gasteiger partial charge in [-0.1, -0.05) is 318 Å². The number of esters is 3. The van der Waals surface area contributed by atoms with Crippen molar-refractivity contribution in [2.75, 3.05) is 13.2 Å². The molecule has 0 aromatic heterocycles. The van der Waals surface area contributed by atoms with Gasteiger partial charge in [0.2, 0.25) is 0 Å². The van der Waals surface area contributed by atoms with E-state index < -0.39 is 6.10 Å². The predicted molar refractivity (Wildman–Crippen MR) is 339 cm³/mol. The third kappa shape index (κ3) is 63.7. The van der Waals surface area contributed by atoms with Crippen LogP contribution in [0.5, 0.6) is 0 Å². The summed E-state index contributed by atoms with van der Waals surface area (Å²) in [6.45, 7) is 6.53. The molecule has 0 N–H and O–H groups in total. The molecule has 0 spiro atoms. The molecule has 0 aromatic rings. The lowest BCUT2D eigenvalue weighted by Gasteiger charge is -2.18. The Bertz CT molecular complexity index is 1440. The quantitative estimate of drug-likeness (QED) is 0.0261. The zero-order valence-corrected chi connectivity index (χ0v) is 51.9. The molecule has 0 aliphatic heterocycles. The first-order chi connectivity index (χ1) is 38.5. The third-order valence-electron chi connectivity index (χ3n) is 14.9. The molecule has 0 aliphatic rings. The Hall–Kier alpha value is -3.15. The van der Waals surface area contributed by atoms with Crippen LogP contribution in [0, 0.1) is 0 Å². The number of carbonyl (C=O) groups excluding carboxylic acids is 3. The molecule has 0 amide bonds. The number of ether oxygens (including phenoxy) is 3.